The Morgan fingerprint density at radius 3 is 2.61 bits per heavy atom. The molecular weight excluding hydrogens is 380 g/mol. The summed E-state index contributed by atoms with van der Waals surface area (Å²) in [6.07, 6.45) is 15.6. The van der Waals surface area contributed by atoms with E-state index in [2.05, 4.69) is 37.1 Å². The van der Waals surface area contributed by atoms with Crippen molar-refractivity contribution in [1.82, 2.24) is 10.2 Å². The maximum atomic E-state index is 10.3. The zero-order valence-electron chi connectivity index (χ0n) is 20.5. The highest BCUT2D eigenvalue weighted by molar-refractivity contribution is 5.27. The van der Waals surface area contributed by atoms with Gasteiger partial charge in [0.2, 0.25) is 0 Å². The molecule has 3 saturated carbocycles. The standard InChI is InChI=1S/C28H48N2O/c1-20(19-29-14-17-30-15-4-5-16-30)24-8-9-25-23-7-6-21-18-22(31)10-12-27(21,2)26(23)11-13-28(24,25)3/h7,20-22,24-26,29,31H,4-6,8-19H2,1-3H3/t20-,21+,22+,24-,25+,26+,27+,28-/m1/s1. The maximum absolute atomic E-state index is 10.3. The summed E-state index contributed by atoms with van der Waals surface area (Å²) in [6, 6.07) is 0. The third-order valence-corrected chi connectivity index (χ3v) is 11.1. The highest BCUT2D eigenvalue weighted by Gasteiger charge is 2.58. The molecule has 3 heteroatoms. The van der Waals surface area contributed by atoms with Crippen LogP contribution in [-0.4, -0.2) is 48.8 Å². The fraction of sp³-hybridized carbons (Fsp3) is 0.929. The van der Waals surface area contributed by atoms with Gasteiger partial charge in [0, 0.05) is 13.1 Å². The molecule has 4 aliphatic carbocycles. The number of rotatable bonds is 6. The van der Waals surface area contributed by atoms with E-state index in [0.29, 0.717) is 16.7 Å². The van der Waals surface area contributed by atoms with E-state index in [0.717, 1.165) is 43.1 Å². The predicted octanol–water partition coefficient (Wildman–Crippen LogP) is 5.25. The summed E-state index contributed by atoms with van der Waals surface area (Å²) >= 11 is 0. The van der Waals surface area contributed by atoms with Crippen molar-refractivity contribution in [2.24, 2.45) is 40.4 Å². The molecule has 0 unspecified atom stereocenters. The molecule has 0 amide bonds. The number of fused-ring (bicyclic) bond motifs is 5. The second-order valence-electron chi connectivity index (χ2n) is 12.6. The quantitative estimate of drug-likeness (QED) is 0.448. The molecule has 3 nitrogen and oxygen atoms in total. The van der Waals surface area contributed by atoms with Crippen molar-refractivity contribution in [1.29, 1.82) is 0 Å². The molecule has 5 rings (SSSR count). The molecule has 8 atom stereocenters. The lowest BCUT2D eigenvalue weighted by Gasteiger charge is -2.57. The summed E-state index contributed by atoms with van der Waals surface area (Å²) < 4.78 is 0. The second-order valence-corrected chi connectivity index (χ2v) is 12.6. The number of aliphatic hydroxyl groups excluding tert-OH is 1. The molecule has 2 N–H and O–H groups in total. The third-order valence-electron chi connectivity index (χ3n) is 11.1. The predicted molar refractivity (Wildman–Crippen MR) is 129 cm³/mol. The van der Waals surface area contributed by atoms with E-state index in [-0.39, 0.29) is 6.10 Å². The van der Waals surface area contributed by atoms with Crippen LogP contribution >= 0.6 is 0 Å². The molecule has 5 aliphatic rings. The van der Waals surface area contributed by atoms with Crippen molar-refractivity contribution < 1.29 is 5.11 Å². The minimum absolute atomic E-state index is 0.0449. The lowest BCUT2D eigenvalue weighted by molar-refractivity contribution is -0.0424. The summed E-state index contributed by atoms with van der Waals surface area (Å²) in [5.41, 5.74) is 2.82. The Labute approximate surface area is 191 Å². The van der Waals surface area contributed by atoms with E-state index in [4.69, 9.17) is 0 Å². The Bertz CT molecular complexity index is 670. The molecule has 176 valence electrons. The topological polar surface area (TPSA) is 35.5 Å². The van der Waals surface area contributed by atoms with Crippen LogP contribution in [0.15, 0.2) is 11.6 Å². The average Bonchev–Trinajstić information content (AvgIpc) is 3.39. The van der Waals surface area contributed by atoms with Crippen LogP contribution in [0, 0.1) is 40.4 Å². The summed E-state index contributed by atoms with van der Waals surface area (Å²) in [5, 5.41) is 14.1. The van der Waals surface area contributed by atoms with Gasteiger partial charge in [0.1, 0.15) is 0 Å². The Kier molecular flexibility index (Phi) is 6.34. The van der Waals surface area contributed by atoms with Crippen molar-refractivity contribution >= 4 is 0 Å². The maximum Gasteiger partial charge on any atom is 0.0543 e. The molecule has 0 aromatic rings. The zero-order valence-corrected chi connectivity index (χ0v) is 20.5. The van der Waals surface area contributed by atoms with Crippen LogP contribution in [0.1, 0.15) is 85.0 Å². The van der Waals surface area contributed by atoms with Gasteiger partial charge in [0.25, 0.3) is 0 Å². The summed E-state index contributed by atoms with van der Waals surface area (Å²) in [6.45, 7) is 14.0. The highest BCUT2D eigenvalue weighted by Crippen LogP contribution is 2.66. The Hall–Kier alpha value is -0.380. The van der Waals surface area contributed by atoms with Crippen LogP contribution in [0.3, 0.4) is 0 Å². The van der Waals surface area contributed by atoms with Crippen molar-refractivity contribution in [3.63, 3.8) is 0 Å². The lowest BCUT2D eigenvalue weighted by atomic mass is 9.47. The highest BCUT2D eigenvalue weighted by atomic mass is 16.3. The second kappa shape index (κ2) is 8.76. The van der Waals surface area contributed by atoms with E-state index in [1.54, 1.807) is 0 Å². The molecule has 1 saturated heterocycles. The monoisotopic (exact) mass is 428 g/mol. The van der Waals surface area contributed by atoms with Crippen LogP contribution in [0.2, 0.25) is 0 Å². The van der Waals surface area contributed by atoms with Gasteiger partial charge in [-0.15, -0.1) is 0 Å². The molecule has 0 aromatic carbocycles. The number of likely N-dealkylation sites (tertiary alicyclic amines) is 1. The minimum Gasteiger partial charge on any atom is -0.393 e. The Balaban J connectivity index is 1.22. The first kappa shape index (κ1) is 22.4. The average molecular weight is 429 g/mol. The van der Waals surface area contributed by atoms with Crippen molar-refractivity contribution in [3.8, 4) is 0 Å². The van der Waals surface area contributed by atoms with Gasteiger partial charge in [-0.05, 0) is 124 Å². The zero-order chi connectivity index (χ0) is 21.6. The van der Waals surface area contributed by atoms with Crippen LogP contribution in [-0.2, 0) is 0 Å². The minimum atomic E-state index is -0.0449. The molecule has 4 fully saturated rings. The van der Waals surface area contributed by atoms with Gasteiger partial charge in [-0.2, -0.15) is 0 Å². The SMILES string of the molecule is C[C@H](CNCCN1CCCC1)[C@H]1CC[C@H]2C3=CC[C@H]4C[C@@H](O)CC[C@]4(C)[C@H]3CC[C@]12C. The molecule has 1 aliphatic heterocycles. The van der Waals surface area contributed by atoms with E-state index in [1.165, 1.54) is 77.5 Å². The molecule has 31 heavy (non-hydrogen) atoms. The van der Waals surface area contributed by atoms with E-state index in [1.807, 2.05) is 5.57 Å². The number of nitrogens with zero attached hydrogens (tertiary/aromatic N) is 1. The van der Waals surface area contributed by atoms with Crippen LogP contribution in [0.5, 0.6) is 0 Å². The normalized spacial score (nSPS) is 46.2. The van der Waals surface area contributed by atoms with Gasteiger partial charge in [0.15, 0.2) is 0 Å². The number of allylic oxidation sites excluding steroid dienone is 2. The summed E-state index contributed by atoms with van der Waals surface area (Å²) in [7, 11) is 0. The number of hydrogen-bond donors (Lipinski definition) is 2. The third kappa shape index (κ3) is 3.95. The Morgan fingerprint density at radius 2 is 1.81 bits per heavy atom. The van der Waals surface area contributed by atoms with Gasteiger partial charge in [-0.1, -0.05) is 32.4 Å². The summed E-state index contributed by atoms with van der Waals surface area (Å²) in [4.78, 5) is 2.62. The van der Waals surface area contributed by atoms with Crippen molar-refractivity contribution in [2.75, 3.05) is 32.7 Å². The first-order valence-corrected chi connectivity index (χ1v) is 13.7. The van der Waals surface area contributed by atoms with E-state index in [9.17, 15) is 5.11 Å². The smallest absolute Gasteiger partial charge is 0.0543 e. The van der Waals surface area contributed by atoms with E-state index >= 15 is 0 Å². The van der Waals surface area contributed by atoms with Gasteiger partial charge >= 0.3 is 0 Å². The Morgan fingerprint density at radius 1 is 1.06 bits per heavy atom. The van der Waals surface area contributed by atoms with Crippen molar-refractivity contribution in [3.05, 3.63) is 11.6 Å². The van der Waals surface area contributed by atoms with Crippen molar-refractivity contribution in [2.45, 2.75) is 91.1 Å². The van der Waals surface area contributed by atoms with Crippen LogP contribution in [0.25, 0.3) is 0 Å². The number of hydrogen-bond acceptors (Lipinski definition) is 3. The van der Waals surface area contributed by atoms with E-state index < -0.39 is 0 Å². The molecule has 0 bridgehead atoms. The summed E-state index contributed by atoms with van der Waals surface area (Å²) in [5.74, 6) is 3.99. The fourth-order valence-corrected chi connectivity index (χ4v) is 9.18. The molecule has 0 radical (unpaired) electrons. The van der Waals surface area contributed by atoms with Gasteiger partial charge in [-0.25, -0.2) is 0 Å². The number of aliphatic hydroxyl groups is 1. The largest absolute Gasteiger partial charge is 0.393 e. The van der Waals surface area contributed by atoms with Crippen LogP contribution < -0.4 is 5.32 Å². The molecule has 0 aromatic heterocycles. The molecule has 1 heterocycles. The molecular formula is C28H48N2O. The van der Waals surface area contributed by atoms with Crippen LogP contribution in [0.4, 0.5) is 0 Å². The number of nitrogens with one attached hydrogen (secondary N) is 1. The van der Waals surface area contributed by atoms with Gasteiger partial charge < -0.3 is 15.3 Å². The first-order valence-electron chi connectivity index (χ1n) is 13.7. The fourth-order valence-electron chi connectivity index (χ4n) is 9.18. The lowest BCUT2D eigenvalue weighted by Crippen LogP contribution is -2.50. The molecule has 0 spiro atoms. The first-order chi connectivity index (χ1) is 14.9. The van der Waals surface area contributed by atoms with Gasteiger partial charge in [-0.3, -0.25) is 0 Å². The van der Waals surface area contributed by atoms with Gasteiger partial charge in [0.05, 0.1) is 6.10 Å².